The quantitative estimate of drug-likeness (QED) is 0.162. The van der Waals surface area contributed by atoms with Gasteiger partial charge >= 0.3 is 0 Å². The van der Waals surface area contributed by atoms with E-state index in [4.69, 9.17) is 0 Å². The Morgan fingerprint density at radius 1 is 0.375 bits per heavy atom. The Hall–Kier alpha value is -4.42. The average molecular weight is 515 g/mol. The van der Waals surface area contributed by atoms with Crippen molar-refractivity contribution in [1.29, 1.82) is 0 Å². The largest absolute Gasteiger partial charge is 0.0616 e. The van der Waals surface area contributed by atoms with Gasteiger partial charge in [0.15, 0.2) is 0 Å². The Labute approximate surface area is 236 Å². The van der Waals surface area contributed by atoms with Crippen LogP contribution in [-0.4, -0.2) is 0 Å². The van der Waals surface area contributed by atoms with Crippen molar-refractivity contribution in [3.8, 4) is 22.3 Å². The lowest BCUT2D eigenvalue weighted by Gasteiger charge is -2.21. The number of hydrogen-bond acceptors (Lipinski definition) is 0. The molecule has 0 nitrogen and oxygen atoms in total. The highest BCUT2D eigenvalue weighted by Crippen LogP contribution is 2.47. The summed E-state index contributed by atoms with van der Waals surface area (Å²) in [4.78, 5) is 0. The molecule has 0 saturated heterocycles. The lowest BCUT2D eigenvalue weighted by atomic mass is 9.82. The molecule has 7 aromatic carbocycles. The highest BCUT2D eigenvalue weighted by atomic mass is 14.2. The van der Waals surface area contributed by atoms with Crippen molar-refractivity contribution in [2.75, 3.05) is 0 Å². The van der Waals surface area contributed by atoms with Crippen LogP contribution in [0.15, 0.2) is 121 Å². The minimum Gasteiger partial charge on any atom is -0.0616 e. The molecule has 0 N–H and O–H groups in total. The van der Waals surface area contributed by atoms with Crippen LogP contribution in [0, 0.1) is 0 Å². The standard InChI is InChI=1S/C40H34/c1-25(2)28-21-29(26(3)4)23-30(22-28)39-34-17-9-11-19-36(34)40(37-20-12-10-18-35(37)39)38-24-27-13-5-6-14-31(27)32-15-7-8-16-33(32)38/h5-26H,1-4H3. The van der Waals surface area contributed by atoms with Crippen LogP contribution in [0.1, 0.15) is 50.7 Å². The molecule has 0 aliphatic heterocycles. The summed E-state index contributed by atoms with van der Waals surface area (Å²) in [7, 11) is 0. The fourth-order valence-electron chi connectivity index (χ4n) is 6.48. The van der Waals surface area contributed by atoms with Gasteiger partial charge < -0.3 is 0 Å². The molecular weight excluding hydrogens is 480 g/mol. The van der Waals surface area contributed by atoms with E-state index in [9.17, 15) is 0 Å². The first-order chi connectivity index (χ1) is 19.5. The highest BCUT2D eigenvalue weighted by Gasteiger charge is 2.20. The van der Waals surface area contributed by atoms with Crippen LogP contribution >= 0.6 is 0 Å². The van der Waals surface area contributed by atoms with E-state index in [0.717, 1.165) is 0 Å². The molecule has 7 rings (SSSR count). The predicted octanol–water partition coefficient (Wildman–Crippen LogP) is 11.9. The Kier molecular flexibility index (Phi) is 5.93. The number of benzene rings is 7. The van der Waals surface area contributed by atoms with Crippen LogP contribution in [0.25, 0.3) is 65.3 Å². The molecule has 194 valence electrons. The second kappa shape index (κ2) is 9.65. The average Bonchev–Trinajstić information content (AvgIpc) is 2.99. The van der Waals surface area contributed by atoms with Gasteiger partial charge in [-0.3, -0.25) is 0 Å². The Balaban J connectivity index is 1.66. The van der Waals surface area contributed by atoms with Crippen molar-refractivity contribution in [2.24, 2.45) is 0 Å². The molecule has 0 aliphatic rings. The molecular formula is C40H34. The molecule has 0 fully saturated rings. The third kappa shape index (κ3) is 3.90. The van der Waals surface area contributed by atoms with E-state index in [1.165, 1.54) is 76.5 Å². The van der Waals surface area contributed by atoms with Gasteiger partial charge in [-0.25, -0.2) is 0 Å². The second-order valence-corrected chi connectivity index (χ2v) is 11.7. The molecule has 0 spiro atoms. The summed E-state index contributed by atoms with van der Waals surface area (Å²) in [5.74, 6) is 0.941. The first kappa shape index (κ1) is 24.6. The van der Waals surface area contributed by atoms with Crippen molar-refractivity contribution in [2.45, 2.75) is 39.5 Å². The maximum absolute atomic E-state index is 2.43. The highest BCUT2D eigenvalue weighted by molar-refractivity contribution is 6.25. The second-order valence-electron chi connectivity index (χ2n) is 11.7. The molecule has 0 unspecified atom stereocenters. The maximum atomic E-state index is 2.43. The fourth-order valence-corrected chi connectivity index (χ4v) is 6.48. The topological polar surface area (TPSA) is 0 Å². The Bertz CT molecular complexity index is 1970. The molecule has 7 aromatic rings. The van der Waals surface area contributed by atoms with Gasteiger partial charge in [0.1, 0.15) is 0 Å². The predicted molar refractivity (Wildman–Crippen MR) is 176 cm³/mol. The molecule has 0 aliphatic carbocycles. The third-order valence-electron chi connectivity index (χ3n) is 8.57. The lowest BCUT2D eigenvalue weighted by molar-refractivity contribution is 0.835. The van der Waals surface area contributed by atoms with Crippen molar-refractivity contribution in [3.05, 3.63) is 132 Å². The van der Waals surface area contributed by atoms with E-state index in [-0.39, 0.29) is 0 Å². The molecule has 0 heteroatoms. The summed E-state index contributed by atoms with van der Waals surface area (Å²) in [5, 5.41) is 10.4. The van der Waals surface area contributed by atoms with Crippen LogP contribution in [-0.2, 0) is 0 Å². The van der Waals surface area contributed by atoms with E-state index >= 15 is 0 Å². The molecule has 0 saturated carbocycles. The zero-order valence-corrected chi connectivity index (χ0v) is 23.7. The van der Waals surface area contributed by atoms with Crippen LogP contribution in [0.4, 0.5) is 0 Å². The summed E-state index contributed by atoms with van der Waals surface area (Å²) in [5.41, 5.74) is 8.08. The van der Waals surface area contributed by atoms with Crippen molar-refractivity contribution in [1.82, 2.24) is 0 Å². The van der Waals surface area contributed by atoms with Gasteiger partial charge in [-0.2, -0.15) is 0 Å². The number of fused-ring (bicyclic) bond motifs is 5. The van der Waals surface area contributed by atoms with E-state index in [1.807, 2.05) is 0 Å². The summed E-state index contributed by atoms with van der Waals surface area (Å²) >= 11 is 0. The van der Waals surface area contributed by atoms with Crippen molar-refractivity contribution >= 4 is 43.1 Å². The normalized spacial score (nSPS) is 11.9. The SMILES string of the molecule is CC(C)c1cc(-c2c3ccccc3c(-c3cc4ccccc4c4ccccc34)c3ccccc23)cc(C(C)C)c1. The van der Waals surface area contributed by atoms with Crippen molar-refractivity contribution < 1.29 is 0 Å². The third-order valence-corrected chi connectivity index (χ3v) is 8.57. The first-order valence-corrected chi connectivity index (χ1v) is 14.5. The van der Waals surface area contributed by atoms with Gasteiger partial charge in [-0.1, -0.05) is 143 Å². The zero-order valence-electron chi connectivity index (χ0n) is 23.7. The van der Waals surface area contributed by atoms with Gasteiger partial charge in [-0.15, -0.1) is 0 Å². The molecule has 0 atom stereocenters. The summed E-state index contributed by atoms with van der Waals surface area (Å²) in [6.45, 7) is 9.20. The van der Waals surface area contributed by atoms with Gasteiger partial charge in [0.25, 0.3) is 0 Å². The summed E-state index contributed by atoms with van der Waals surface area (Å²) in [6.07, 6.45) is 0. The minimum absolute atomic E-state index is 0.471. The molecule has 0 radical (unpaired) electrons. The smallest absolute Gasteiger partial charge is 0.00199 e. The monoisotopic (exact) mass is 514 g/mol. The first-order valence-electron chi connectivity index (χ1n) is 14.5. The van der Waals surface area contributed by atoms with Crippen LogP contribution < -0.4 is 0 Å². The minimum atomic E-state index is 0.471. The van der Waals surface area contributed by atoms with E-state index in [2.05, 4.69) is 149 Å². The van der Waals surface area contributed by atoms with E-state index in [1.54, 1.807) is 0 Å². The summed E-state index contributed by atoms with van der Waals surface area (Å²) in [6, 6.07) is 45.4. The van der Waals surface area contributed by atoms with Gasteiger partial charge in [0, 0.05) is 0 Å². The van der Waals surface area contributed by atoms with Gasteiger partial charge in [0.05, 0.1) is 0 Å². The fraction of sp³-hybridized carbons (Fsp3) is 0.150. The molecule has 0 heterocycles. The number of hydrogen-bond donors (Lipinski definition) is 0. The van der Waals surface area contributed by atoms with E-state index < -0.39 is 0 Å². The van der Waals surface area contributed by atoms with Crippen LogP contribution in [0.3, 0.4) is 0 Å². The summed E-state index contributed by atoms with van der Waals surface area (Å²) < 4.78 is 0. The van der Waals surface area contributed by atoms with E-state index in [0.29, 0.717) is 11.8 Å². The van der Waals surface area contributed by atoms with Gasteiger partial charge in [-0.05, 0) is 94.4 Å². The molecule has 0 amide bonds. The van der Waals surface area contributed by atoms with Gasteiger partial charge in [0.2, 0.25) is 0 Å². The van der Waals surface area contributed by atoms with Crippen LogP contribution in [0.2, 0.25) is 0 Å². The van der Waals surface area contributed by atoms with Crippen LogP contribution in [0.5, 0.6) is 0 Å². The molecule has 40 heavy (non-hydrogen) atoms. The Morgan fingerprint density at radius 2 is 0.800 bits per heavy atom. The molecule has 0 bridgehead atoms. The zero-order chi connectivity index (χ0) is 27.4. The Morgan fingerprint density at radius 3 is 1.32 bits per heavy atom. The van der Waals surface area contributed by atoms with Crippen molar-refractivity contribution in [3.63, 3.8) is 0 Å². The molecule has 0 aromatic heterocycles. The lowest BCUT2D eigenvalue weighted by Crippen LogP contribution is -1.97. The number of rotatable bonds is 4. The maximum Gasteiger partial charge on any atom is -0.00199 e.